The number of unbranched alkanes of at least 4 members (excludes halogenated alkanes) is 1. The molecule has 17 heavy (non-hydrogen) atoms. The molecule has 94 valence electrons. The minimum absolute atomic E-state index is 0.222. The SMILES string of the molecule is CCCCOC(=O)CC(N)c1cccc(Br)c1. The first-order chi connectivity index (χ1) is 8.13. The number of ether oxygens (including phenoxy) is 1. The molecule has 0 amide bonds. The highest BCUT2D eigenvalue weighted by Gasteiger charge is 2.12. The minimum atomic E-state index is -0.304. The van der Waals surface area contributed by atoms with Gasteiger partial charge in [-0.05, 0) is 24.1 Å². The highest BCUT2D eigenvalue weighted by atomic mass is 79.9. The number of nitrogens with two attached hydrogens (primary N) is 1. The predicted molar refractivity (Wildman–Crippen MR) is 71.6 cm³/mol. The second-order valence-corrected chi connectivity index (χ2v) is 4.86. The van der Waals surface area contributed by atoms with Crippen molar-refractivity contribution in [1.82, 2.24) is 0 Å². The van der Waals surface area contributed by atoms with Crippen LogP contribution in [0.2, 0.25) is 0 Å². The molecule has 0 aliphatic rings. The van der Waals surface area contributed by atoms with Gasteiger partial charge in [-0.25, -0.2) is 0 Å². The highest BCUT2D eigenvalue weighted by molar-refractivity contribution is 9.10. The monoisotopic (exact) mass is 299 g/mol. The summed E-state index contributed by atoms with van der Waals surface area (Å²) in [5, 5.41) is 0. The van der Waals surface area contributed by atoms with E-state index in [1.54, 1.807) is 0 Å². The van der Waals surface area contributed by atoms with Gasteiger partial charge < -0.3 is 10.5 Å². The number of benzene rings is 1. The van der Waals surface area contributed by atoms with E-state index in [4.69, 9.17) is 10.5 Å². The number of halogens is 1. The lowest BCUT2D eigenvalue weighted by Gasteiger charge is -2.11. The van der Waals surface area contributed by atoms with Gasteiger partial charge in [0.15, 0.2) is 0 Å². The summed E-state index contributed by atoms with van der Waals surface area (Å²) in [4.78, 5) is 11.5. The summed E-state index contributed by atoms with van der Waals surface area (Å²) >= 11 is 3.38. The average molecular weight is 300 g/mol. The molecule has 0 aliphatic carbocycles. The first-order valence-electron chi connectivity index (χ1n) is 5.80. The van der Waals surface area contributed by atoms with Crippen LogP contribution in [0, 0.1) is 0 Å². The summed E-state index contributed by atoms with van der Waals surface area (Å²) < 4.78 is 6.04. The molecule has 2 N–H and O–H groups in total. The van der Waals surface area contributed by atoms with Crippen LogP contribution < -0.4 is 5.73 Å². The van der Waals surface area contributed by atoms with Crippen molar-refractivity contribution in [1.29, 1.82) is 0 Å². The number of hydrogen-bond donors (Lipinski definition) is 1. The summed E-state index contributed by atoms with van der Waals surface area (Å²) in [6, 6.07) is 7.36. The Hall–Kier alpha value is -0.870. The fraction of sp³-hybridized carbons (Fsp3) is 0.462. The zero-order chi connectivity index (χ0) is 12.7. The molecule has 0 saturated heterocycles. The van der Waals surface area contributed by atoms with Gasteiger partial charge in [0.05, 0.1) is 13.0 Å². The van der Waals surface area contributed by atoms with Crippen molar-refractivity contribution in [2.75, 3.05) is 6.61 Å². The topological polar surface area (TPSA) is 52.3 Å². The molecule has 0 radical (unpaired) electrons. The van der Waals surface area contributed by atoms with Crippen molar-refractivity contribution in [2.45, 2.75) is 32.2 Å². The molecule has 0 aliphatic heterocycles. The maximum absolute atomic E-state index is 11.5. The van der Waals surface area contributed by atoms with E-state index in [9.17, 15) is 4.79 Å². The molecule has 4 heteroatoms. The van der Waals surface area contributed by atoms with Crippen LogP contribution in [0.15, 0.2) is 28.7 Å². The van der Waals surface area contributed by atoms with Crippen LogP contribution in [-0.2, 0) is 9.53 Å². The molecular weight excluding hydrogens is 282 g/mol. The smallest absolute Gasteiger partial charge is 0.307 e. The van der Waals surface area contributed by atoms with Crippen LogP contribution in [0.5, 0.6) is 0 Å². The summed E-state index contributed by atoms with van der Waals surface area (Å²) in [7, 11) is 0. The predicted octanol–water partition coefficient (Wildman–Crippen LogP) is 3.18. The van der Waals surface area contributed by atoms with Gasteiger partial charge in [0.1, 0.15) is 0 Å². The molecule has 0 fully saturated rings. The van der Waals surface area contributed by atoms with E-state index in [1.165, 1.54) is 0 Å². The van der Waals surface area contributed by atoms with Gasteiger partial charge in [-0.1, -0.05) is 41.4 Å². The molecule has 0 spiro atoms. The number of carbonyl (C=O) groups excluding carboxylic acids is 1. The fourth-order valence-electron chi connectivity index (χ4n) is 1.42. The second kappa shape index (κ2) is 7.45. The minimum Gasteiger partial charge on any atom is -0.466 e. The molecule has 0 bridgehead atoms. The van der Waals surface area contributed by atoms with E-state index in [-0.39, 0.29) is 18.4 Å². The third-order valence-corrected chi connectivity index (χ3v) is 2.92. The Bertz CT molecular complexity index is 368. The van der Waals surface area contributed by atoms with Gasteiger partial charge >= 0.3 is 5.97 Å². The first-order valence-corrected chi connectivity index (χ1v) is 6.59. The van der Waals surface area contributed by atoms with Gasteiger partial charge in [-0.3, -0.25) is 4.79 Å². The maximum Gasteiger partial charge on any atom is 0.307 e. The quantitative estimate of drug-likeness (QED) is 0.648. The van der Waals surface area contributed by atoms with Gasteiger partial charge in [-0.15, -0.1) is 0 Å². The molecule has 0 saturated carbocycles. The zero-order valence-electron chi connectivity index (χ0n) is 9.99. The Balaban J connectivity index is 2.43. The van der Waals surface area contributed by atoms with Crippen molar-refractivity contribution in [3.8, 4) is 0 Å². The van der Waals surface area contributed by atoms with Crippen LogP contribution in [-0.4, -0.2) is 12.6 Å². The van der Waals surface area contributed by atoms with Crippen LogP contribution in [0.4, 0.5) is 0 Å². The molecular formula is C13H18BrNO2. The first kappa shape index (κ1) is 14.2. The summed E-state index contributed by atoms with van der Waals surface area (Å²) in [6.45, 7) is 2.54. The summed E-state index contributed by atoms with van der Waals surface area (Å²) in [5.74, 6) is -0.231. The third kappa shape index (κ3) is 5.33. The van der Waals surface area contributed by atoms with Crippen LogP contribution in [0.25, 0.3) is 0 Å². The zero-order valence-corrected chi connectivity index (χ0v) is 11.6. The second-order valence-electron chi connectivity index (χ2n) is 3.94. The fourth-order valence-corrected chi connectivity index (χ4v) is 1.84. The van der Waals surface area contributed by atoms with Crippen molar-refractivity contribution in [3.63, 3.8) is 0 Å². The van der Waals surface area contributed by atoms with Gasteiger partial charge in [0.2, 0.25) is 0 Å². The molecule has 1 rings (SSSR count). The van der Waals surface area contributed by atoms with E-state index < -0.39 is 0 Å². The van der Waals surface area contributed by atoms with E-state index in [0.29, 0.717) is 6.61 Å². The highest BCUT2D eigenvalue weighted by Crippen LogP contribution is 2.19. The van der Waals surface area contributed by atoms with E-state index in [2.05, 4.69) is 22.9 Å². The lowest BCUT2D eigenvalue weighted by atomic mass is 10.1. The molecule has 0 aromatic heterocycles. The average Bonchev–Trinajstić information content (AvgIpc) is 2.29. The maximum atomic E-state index is 11.5. The summed E-state index contributed by atoms with van der Waals surface area (Å²) in [5.41, 5.74) is 6.88. The number of esters is 1. The van der Waals surface area contributed by atoms with Crippen molar-refractivity contribution in [3.05, 3.63) is 34.3 Å². The van der Waals surface area contributed by atoms with Gasteiger partial charge in [0, 0.05) is 10.5 Å². The largest absolute Gasteiger partial charge is 0.466 e. The Kier molecular flexibility index (Phi) is 6.22. The van der Waals surface area contributed by atoms with Crippen LogP contribution in [0.1, 0.15) is 37.8 Å². The molecule has 1 atom stereocenters. The van der Waals surface area contributed by atoms with Gasteiger partial charge in [0.25, 0.3) is 0 Å². The number of rotatable bonds is 6. The van der Waals surface area contributed by atoms with Crippen molar-refractivity contribution in [2.24, 2.45) is 5.73 Å². The molecule has 1 unspecified atom stereocenters. The lowest BCUT2D eigenvalue weighted by molar-refractivity contribution is -0.144. The molecule has 1 aromatic carbocycles. The van der Waals surface area contributed by atoms with Crippen LogP contribution in [0.3, 0.4) is 0 Å². The van der Waals surface area contributed by atoms with E-state index in [0.717, 1.165) is 22.9 Å². The Morgan fingerprint density at radius 2 is 2.29 bits per heavy atom. The number of hydrogen-bond acceptors (Lipinski definition) is 3. The normalized spacial score (nSPS) is 12.2. The molecule has 3 nitrogen and oxygen atoms in total. The lowest BCUT2D eigenvalue weighted by Crippen LogP contribution is -2.17. The molecule has 1 aromatic rings. The Morgan fingerprint density at radius 3 is 2.94 bits per heavy atom. The Labute approximate surface area is 110 Å². The van der Waals surface area contributed by atoms with E-state index in [1.807, 2.05) is 24.3 Å². The van der Waals surface area contributed by atoms with Crippen molar-refractivity contribution >= 4 is 21.9 Å². The Morgan fingerprint density at radius 1 is 1.53 bits per heavy atom. The third-order valence-electron chi connectivity index (χ3n) is 2.42. The van der Waals surface area contributed by atoms with E-state index >= 15 is 0 Å². The number of carbonyl (C=O) groups is 1. The summed E-state index contributed by atoms with van der Waals surface area (Å²) in [6.07, 6.45) is 2.14. The van der Waals surface area contributed by atoms with Gasteiger partial charge in [-0.2, -0.15) is 0 Å². The van der Waals surface area contributed by atoms with Crippen LogP contribution >= 0.6 is 15.9 Å². The standard InChI is InChI=1S/C13H18BrNO2/c1-2-3-7-17-13(16)9-12(15)10-5-4-6-11(14)8-10/h4-6,8,12H,2-3,7,9,15H2,1H3. The molecule has 0 heterocycles. The van der Waals surface area contributed by atoms with Crippen molar-refractivity contribution < 1.29 is 9.53 Å².